The summed E-state index contributed by atoms with van der Waals surface area (Å²) in [6.45, 7) is 0.634. The Morgan fingerprint density at radius 2 is 1.65 bits per heavy atom. The summed E-state index contributed by atoms with van der Waals surface area (Å²) in [5.41, 5.74) is 4.41. The molecule has 0 heterocycles. The average molecular weight is 463 g/mol. The number of carboxylic acids is 1. The topological polar surface area (TPSA) is 105 Å². The number of carboxylic acid groups (broad SMARTS) is 1. The second kappa shape index (κ2) is 9.49. The van der Waals surface area contributed by atoms with Crippen LogP contribution < -0.4 is 10.6 Å². The Hall–Kier alpha value is -3.35. The van der Waals surface area contributed by atoms with Gasteiger partial charge in [0, 0.05) is 12.5 Å². The largest absolute Gasteiger partial charge is 0.481 e. The lowest BCUT2D eigenvalue weighted by Crippen LogP contribution is -2.49. The van der Waals surface area contributed by atoms with Crippen LogP contribution in [0, 0.1) is 17.8 Å². The second-order valence-electron chi connectivity index (χ2n) is 9.80. The molecule has 0 saturated heterocycles. The van der Waals surface area contributed by atoms with E-state index in [0.717, 1.165) is 34.6 Å². The third-order valence-electron chi connectivity index (χ3n) is 7.75. The highest BCUT2D eigenvalue weighted by atomic mass is 16.5. The molecule has 2 bridgehead atoms. The molecule has 5 rings (SSSR count). The van der Waals surface area contributed by atoms with Crippen molar-refractivity contribution in [3.63, 3.8) is 0 Å². The van der Waals surface area contributed by atoms with Crippen LogP contribution in [0.4, 0.5) is 4.79 Å². The van der Waals surface area contributed by atoms with Gasteiger partial charge >= 0.3 is 12.1 Å². The van der Waals surface area contributed by atoms with Gasteiger partial charge in [0.2, 0.25) is 5.91 Å². The molecule has 4 unspecified atom stereocenters. The molecule has 0 radical (unpaired) electrons. The molecule has 3 aliphatic carbocycles. The fraction of sp³-hybridized carbons (Fsp3) is 0.444. The normalized spacial score (nSPS) is 23.1. The summed E-state index contributed by atoms with van der Waals surface area (Å²) in [5, 5.41) is 14.6. The van der Waals surface area contributed by atoms with Crippen molar-refractivity contribution in [2.24, 2.45) is 17.8 Å². The maximum atomic E-state index is 12.7. The molecule has 2 aromatic carbocycles. The number of carbonyl (C=O) groups is 3. The molecule has 3 N–H and O–H groups in total. The Labute approximate surface area is 198 Å². The summed E-state index contributed by atoms with van der Waals surface area (Å²) >= 11 is 0. The minimum absolute atomic E-state index is 0.104. The van der Waals surface area contributed by atoms with Crippen molar-refractivity contribution in [1.82, 2.24) is 10.6 Å². The van der Waals surface area contributed by atoms with Crippen molar-refractivity contribution >= 4 is 18.0 Å². The zero-order chi connectivity index (χ0) is 23.7. The van der Waals surface area contributed by atoms with Gasteiger partial charge in [0.05, 0.1) is 6.42 Å². The summed E-state index contributed by atoms with van der Waals surface area (Å²) in [6, 6.07) is 14.9. The van der Waals surface area contributed by atoms with Gasteiger partial charge < -0.3 is 20.5 Å². The fourth-order valence-corrected chi connectivity index (χ4v) is 6.15. The van der Waals surface area contributed by atoms with Gasteiger partial charge in [-0.15, -0.1) is 0 Å². The monoisotopic (exact) mass is 462 g/mol. The number of benzene rings is 2. The van der Waals surface area contributed by atoms with E-state index in [0.29, 0.717) is 18.4 Å². The number of amides is 2. The Bertz CT molecular complexity index is 1050. The number of aliphatic carboxylic acids is 1. The smallest absolute Gasteiger partial charge is 0.407 e. The van der Waals surface area contributed by atoms with Gasteiger partial charge in [0.1, 0.15) is 12.6 Å². The van der Waals surface area contributed by atoms with Crippen LogP contribution in [0.5, 0.6) is 0 Å². The molecule has 178 valence electrons. The molecule has 0 spiro atoms. The zero-order valence-electron chi connectivity index (χ0n) is 19.0. The third-order valence-corrected chi connectivity index (χ3v) is 7.75. The molecule has 7 heteroatoms. The first-order valence-electron chi connectivity index (χ1n) is 12.1. The minimum atomic E-state index is -1.17. The molecule has 2 fully saturated rings. The Morgan fingerprint density at radius 1 is 0.971 bits per heavy atom. The number of nitrogens with one attached hydrogen (secondary N) is 2. The highest BCUT2D eigenvalue weighted by Crippen LogP contribution is 2.48. The van der Waals surface area contributed by atoms with E-state index in [1.165, 1.54) is 19.3 Å². The molecule has 7 nitrogen and oxygen atoms in total. The molecule has 2 saturated carbocycles. The van der Waals surface area contributed by atoms with Gasteiger partial charge in [0.25, 0.3) is 0 Å². The molecule has 3 aliphatic rings. The fourth-order valence-electron chi connectivity index (χ4n) is 6.15. The summed E-state index contributed by atoms with van der Waals surface area (Å²) < 4.78 is 5.50. The van der Waals surface area contributed by atoms with E-state index in [2.05, 4.69) is 22.8 Å². The van der Waals surface area contributed by atoms with Crippen LogP contribution in [0.15, 0.2) is 48.5 Å². The highest BCUT2D eigenvalue weighted by Gasteiger charge is 2.39. The van der Waals surface area contributed by atoms with Crippen LogP contribution in [0.2, 0.25) is 0 Å². The summed E-state index contributed by atoms with van der Waals surface area (Å²) in [6.07, 6.45) is 3.56. The van der Waals surface area contributed by atoms with E-state index >= 15 is 0 Å². The third kappa shape index (κ3) is 4.52. The molecular formula is C27H30N2O5. The maximum absolute atomic E-state index is 12.7. The first-order chi connectivity index (χ1) is 16.5. The Morgan fingerprint density at radius 3 is 2.24 bits per heavy atom. The summed E-state index contributed by atoms with van der Waals surface area (Å²) in [7, 11) is 0. The number of carbonyl (C=O) groups excluding carboxylic acids is 2. The van der Waals surface area contributed by atoms with E-state index in [1.807, 2.05) is 36.4 Å². The second-order valence-corrected chi connectivity index (χ2v) is 9.80. The predicted octanol–water partition coefficient (Wildman–Crippen LogP) is 3.92. The van der Waals surface area contributed by atoms with E-state index < -0.39 is 30.4 Å². The highest BCUT2D eigenvalue weighted by molar-refractivity contribution is 5.89. The minimum Gasteiger partial charge on any atom is -0.481 e. The standard InChI is InChI=1S/C27H30N2O5/c30-25(31)13-24(26(32)28-14-18-12-16-9-10-17(18)11-16)29-27(33)34-15-23-21-7-3-1-5-19(21)20-6-2-4-8-22(20)23/h1-8,16-18,23-24H,9-15H2,(H,28,32)(H,29,33)(H,30,31). The van der Waals surface area contributed by atoms with Crippen LogP contribution >= 0.6 is 0 Å². The molecule has 2 aromatic rings. The molecule has 0 aliphatic heterocycles. The first kappa shape index (κ1) is 22.4. The number of fused-ring (bicyclic) bond motifs is 5. The van der Waals surface area contributed by atoms with Gasteiger partial charge in [0.15, 0.2) is 0 Å². The molecule has 0 aromatic heterocycles. The molecule has 2 amide bonds. The summed E-state index contributed by atoms with van der Waals surface area (Å²) in [5.74, 6) is 0.127. The maximum Gasteiger partial charge on any atom is 0.407 e. The van der Waals surface area contributed by atoms with Gasteiger partial charge in [-0.2, -0.15) is 0 Å². The lowest BCUT2D eigenvalue weighted by molar-refractivity contribution is -0.139. The summed E-state index contributed by atoms with van der Waals surface area (Å²) in [4.78, 5) is 36.6. The van der Waals surface area contributed by atoms with E-state index in [-0.39, 0.29) is 12.5 Å². The van der Waals surface area contributed by atoms with Gasteiger partial charge in [-0.25, -0.2) is 4.79 Å². The number of ether oxygens (including phenoxy) is 1. The quantitative estimate of drug-likeness (QED) is 0.552. The average Bonchev–Trinajstić information content (AvgIpc) is 3.54. The van der Waals surface area contributed by atoms with Gasteiger partial charge in [-0.1, -0.05) is 55.0 Å². The SMILES string of the molecule is O=C(O)CC(NC(=O)OCC1c2ccccc2-c2ccccc21)C(=O)NCC1CC2CCC1C2. The van der Waals surface area contributed by atoms with Crippen molar-refractivity contribution < 1.29 is 24.2 Å². The van der Waals surface area contributed by atoms with Crippen LogP contribution in [-0.2, 0) is 14.3 Å². The zero-order valence-corrected chi connectivity index (χ0v) is 19.0. The molecule has 4 atom stereocenters. The Balaban J connectivity index is 1.19. The lowest BCUT2D eigenvalue weighted by Gasteiger charge is -2.23. The van der Waals surface area contributed by atoms with Crippen LogP contribution in [0.1, 0.15) is 49.1 Å². The first-order valence-corrected chi connectivity index (χ1v) is 12.1. The van der Waals surface area contributed by atoms with Crippen LogP contribution in [0.3, 0.4) is 0 Å². The van der Waals surface area contributed by atoms with Crippen molar-refractivity contribution in [3.8, 4) is 11.1 Å². The molecule has 34 heavy (non-hydrogen) atoms. The number of alkyl carbamates (subject to hydrolysis) is 1. The molecular weight excluding hydrogens is 432 g/mol. The van der Waals surface area contributed by atoms with Gasteiger partial charge in [-0.3, -0.25) is 9.59 Å². The number of hydrogen-bond acceptors (Lipinski definition) is 4. The number of rotatable bonds is 8. The number of hydrogen-bond donors (Lipinski definition) is 3. The van der Waals surface area contributed by atoms with E-state index in [4.69, 9.17) is 4.74 Å². The van der Waals surface area contributed by atoms with Crippen molar-refractivity contribution in [3.05, 3.63) is 59.7 Å². The van der Waals surface area contributed by atoms with E-state index in [9.17, 15) is 19.5 Å². The van der Waals surface area contributed by atoms with Crippen LogP contribution in [0.25, 0.3) is 11.1 Å². The predicted molar refractivity (Wildman–Crippen MR) is 126 cm³/mol. The van der Waals surface area contributed by atoms with Crippen molar-refractivity contribution in [1.29, 1.82) is 0 Å². The Kier molecular flexibility index (Phi) is 6.26. The van der Waals surface area contributed by atoms with Crippen molar-refractivity contribution in [2.45, 2.75) is 44.1 Å². The lowest BCUT2D eigenvalue weighted by atomic mass is 9.89. The van der Waals surface area contributed by atoms with Crippen LogP contribution in [-0.4, -0.2) is 42.3 Å². The van der Waals surface area contributed by atoms with Gasteiger partial charge in [-0.05, 0) is 59.3 Å². The van der Waals surface area contributed by atoms with Crippen molar-refractivity contribution in [2.75, 3.05) is 13.2 Å². The van der Waals surface area contributed by atoms with E-state index in [1.54, 1.807) is 0 Å².